The molecule has 6 rings (SSSR count). The van der Waals surface area contributed by atoms with Gasteiger partial charge < -0.3 is 94.1 Å². The van der Waals surface area contributed by atoms with Crippen LogP contribution in [0.4, 0.5) is 0 Å². The molecule has 3 aliphatic rings. The minimum Gasteiger partial charge on any atom is -0.508 e. The first-order valence-corrected chi connectivity index (χ1v) is 18.4. The summed E-state index contributed by atoms with van der Waals surface area (Å²) in [5, 5.41) is 125. The van der Waals surface area contributed by atoms with Gasteiger partial charge in [0.15, 0.2) is 18.2 Å². The SMILES string of the molecule is CC(C)=CCc1c(OC2OC(CO)C(O)C(O)C2O)cc(O)c2c(=O)c(OC3OC(C)C(O)C(O)C3OC3OC(CO)C(O)C(O)C3O)c(-c3ccc(O)cc3)oc12. The molecule has 2 aromatic carbocycles. The molecule has 0 radical (unpaired) electrons. The molecule has 58 heavy (non-hydrogen) atoms. The lowest BCUT2D eigenvalue weighted by Crippen LogP contribution is -2.64. The molecule has 20 nitrogen and oxygen atoms in total. The van der Waals surface area contributed by atoms with E-state index in [1.165, 1.54) is 31.2 Å². The van der Waals surface area contributed by atoms with Crippen LogP contribution < -0.4 is 14.9 Å². The third-order valence-electron chi connectivity index (χ3n) is 10.3. The highest BCUT2D eigenvalue weighted by Crippen LogP contribution is 2.42. The second-order valence-corrected chi connectivity index (χ2v) is 14.6. The molecule has 0 saturated carbocycles. The first-order chi connectivity index (χ1) is 27.5. The minimum atomic E-state index is -1.95. The van der Waals surface area contributed by atoms with Crippen molar-refractivity contribution < 1.29 is 94.1 Å². The van der Waals surface area contributed by atoms with Crippen LogP contribution >= 0.6 is 0 Å². The van der Waals surface area contributed by atoms with Crippen molar-refractivity contribution in [3.8, 4) is 34.3 Å². The van der Waals surface area contributed by atoms with Gasteiger partial charge in [0.2, 0.25) is 23.8 Å². The molecule has 0 spiro atoms. The summed E-state index contributed by atoms with van der Waals surface area (Å²) in [6.07, 6.45) is -23.8. The number of allylic oxidation sites excluding steroid dienone is 2. The number of hydrogen-bond donors (Lipinski definition) is 12. The molecule has 1 aromatic heterocycles. The zero-order valence-electron chi connectivity index (χ0n) is 31.4. The fourth-order valence-electron chi connectivity index (χ4n) is 6.86. The smallest absolute Gasteiger partial charge is 0.239 e. The number of aromatic hydroxyl groups is 2. The lowest BCUT2D eigenvalue weighted by molar-refractivity contribution is -0.355. The number of fused-ring (bicyclic) bond motifs is 1. The summed E-state index contributed by atoms with van der Waals surface area (Å²) >= 11 is 0. The normalized spacial score (nSPS) is 35.4. The zero-order chi connectivity index (χ0) is 42.3. The van der Waals surface area contributed by atoms with Crippen molar-refractivity contribution >= 4 is 11.0 Å². The maximum Gasteiger partial charge on any atom is 0.239 e. The largest absolute Gasteiger partial charge is 0.508 e. The van der Waals surface area contributed by atoms with Crippen LogP contribution in [0.1, 0.15) is 26.3 Å². The van der Waals surface area contributed by atoms with E-state index in [0.717, 1.165) is 11.6 Å². The van der Waals surface area contributed by atoms with Crippen LogP contribution in [0.3, 0.4) is 0 Å². The molecule has 0 bridgehead atoms. The second kappa shape index (κ2) is 17.7. The Balaban J connectivity index is 1.49. The molecular formula is C38H48O20. The topological polar surface area (TPSA) is 328 Å². The summed E-state index contributed by atoms with van der Waals surface area (Å²) in [6, 6.07) is 6.28. The van der Waals surface area contributed by atoms with E-state index in [9.17, 15) is 66.1 Å². The van der Waals surface area contributed by atoms with E-state index in [0.29, 0.717) is 0 Å². The first-order valence-electron chi connectivity index (χ1n) is 18.4. The minimum absolute atomic E-state index is 0.0215. The van der Waals surface area contributed by atoms with Gasteiger partial charge in [0.25, 0.3) is 0 Å². The predicted molar refractivity (Wildman–Crippen MR) is 194 cm³/mol. The lowest BCUT2D eigenvalue weighted by Gasteiger charge is -2.45. The molecule has 3 aromatic rings. The van der Waals surface area contributed by atoms with Crippen molar-refractivity contribution in [3.05, 3.63) is 57.8 Å². The number of hydrogen-bond acceptors (Lipinski definition) is 20. The average molecular weight is 825 g/mol. The standard InChI is InChI=1S/C38H48O20/c1-13(2)4-9-17-19(53-36-30(50)27(47)24(44)20(11-39)54-36)10-18(42)22-26(46)34(32(56-33(17)22)15-5-7-16(41)8-6-15)57-38-35(29(49)23(43)14(3)52-38)58-37-31(51)28(48)25(45)21(12-40)55-37/h4-8,10,14,20-21,23-25,27-31,35-45,47-51H,9,11-12H2,1-3H3. The number of ether oxygens (including phenoxy) is 6. The third kappa shape index (κ3) is 8.40. The van der Waals surface area contributed by atoms with Crippen molar-refractivity contribution in [1.82, 2.24) is 0 Å². The summed E-state index contributed by atoms with van der Waals surface area (Å²) in [7, 11) is 0. The van der Waals surface area contributed by atoms with Gasteiger partial charge in [0.1, 0.15) is 89.3 Å². The summed E-state index contributed by atoms with van der Waals surface area (Å²) in [5.41, 5.74) is -0.255. The monoisotopic (exact) mass is 824 g/mol. The third-order valence-corrected chi connectivity index (χ3v) is 10.3. The lowest BCUT2D eigenvalue weighted by atomic mass is 9.97. The van der Waals surface area contributed by atoms with Gasteiger partial charge in [-0.2, -0.15) is 0 Å². The first kappa shape index (κ1) is 43.6. The zero-order valence-corrected chi connectivity index (χ0v) is 31.4. The molecule has 3 saturated heterocycles. The quantitative estimate of drug-likeness (QED) is 0.0896. The fourth-order valence-corrected chi connectivity index (χ4v) is 6.86. The van der Waals surface area contributed by atoms with Crippen molar-refractivity contribution in [3.63, 3.8) is 0 Å². The Bertz CT molecular complexity index is 1980. The van der Waals surface area contributed by atoms with Gasteiger partial charge in [-0.1, -0.05) is 11.6 Å². The predicted octanol–water partition coefficient (Wildman–Crippen LogP) is -2.41. The molecule has 0 aliphatic carbocycles. The molecule has 12 N–H and O–H groups in total. The van der Waals surface area contributed by atoms with Crippen LogP contribution in [-0.4, -0.2) is 167 Å². The van der Waals surface area contributed by atoms with E-state index < -0.39 is 128 Å². The fraction of sp³-hybridized carbons (Fsp3) is 0.553. The number of benzene rings is 2. The Kier molecular flexibility index (Phi) is 13.3. The Morgan fingerprint density at radius 1 is 0.724 bits per heavy atom. The molecule has 15 atom stereocenters. The van der Waals surface area contributed by atoms with Crippen molar-refractivity contribution in [1.29, 1.82) is 0 Å². The van der Waals surface area contributed by atoms with E-state index in [2.05, 4.69) is 0 Å². The number of aliphatic hydroxyl groups is 10. The van der Waals surface area contributed by atoms with E-state index in [-0.39, 0.29) is 40.4 Å². The summed E-state index contributed by atoms with van der Waals surface area (Å²) < 4.78 is 41.1. The maximum absolute atomic E-state index is 14.7. The van der Waals surface area contributed by atoms with Crippen LogP contribution in [0.2, 0.25) is 0 Å². The Hall–Kier alpha value is -3.97. The van der Waals surface area contributed by atoms with Crippen LogP contribution in [0.25, 0.3) is 22.3 Å². The van der Waals surface area contributed by atoms with Gasteiger partial charge in [0, 0.05) is 17.2 Å². The van der Waals surface area contributed by atoms with Crippen LogP contribution in [-0.2, 0) is 25.4 Å². The Morgan fingerprint density at radius 2 is 1.31 bits per heavy atom. The van der Waals surface area contributed by atoms with Gasteiger partial charge in [-0.25, -0.2) is 0 Å². The van der Waals surface area contributed by atoms with E-state index in [1.54, 1.807) is 19.9 Å². The molecule has 320 valence electrons. The molecule has 4 heterocycles. The molecule has 3 fully saturated rings. The summed E-state index contributed by atoms with van der Waals surface area (Å²) in [4.78, 5) is 14.7. The highest BCUT2D eigenvalue weighted by Gasteiger charge is 2.51. The van der Waals surface area contributed by atoms with Gasteiger partial charge in [-0.15, -0.1) is 0 Å². The Morgan fingerprint density at radius 3 is 1.90 bits per heavy atom. The van der Waals surface area contributed by atoms with E-state index in [4.69, 9.17) is 32.8 Å². The maximum atomic E-state index is 14.7. The van der Waals surface area contributed by atoms with Gasteiger partial charge in [0.05, 0.1) is 19.3 Å². The van der Waals surface area contributed by atoms with Crippen LogP contribution in [0.5, 0.6) is 23.0 Å². The number of aliphatic hydroxyl groups excluding tert-OH is 10. The second-order valence-electron chi connectivity index (χ2n) is 14.6. The molecule has 15 unspecified atom stereocenters. The van der Waals surface area contributed by atoms with E-state index in [1.807, 2.05) is 0 Å². The Labute approximate surface area is 329 Å². The molecule has 20 heteroatoms. The van der Waals surface area contributed by atoms with Crippen molar-refractivity contribution in [2.75, 3.05) is 13.2 Å². The molecule has 0 amide bonds. The molecule has 3 aliphatic heterocycles. The molecular weight excluding hydrogens is 776 g/mol. The van der Waals surface area contributed by atoms with Gasteiger partial charge in [-0.05, 0) is 51.5 Å². The highest BCUT2D eigenvalue weighted by molar-refractivity contribution is 5.91. The highest BCUT2D eigenvalue weighted by atomic mass is 16.8. The average Bonchev–Trinajstić information content (AvgIpc) is 3.19. The summed E-state index contributed by atoms with van der Waals surface area (Å²) in [5.74, 6) is -2.08. The number of rotatable bonds is 11. The summed E-state index contributed by atoms with van der Waals surface area (Å²) in [6.45, 7) is 3.38. The van der Waals surface area contributed by atoms with Gasteiger partial charge >= 0.3 is 0 Å². The van der Waals surface area contributed by atoms with Crippen molar-refractivity contribution in [2.45, 2.75) is 119 Å². The van der Waals surface area contributed by atoms with Crippen LogP contribution in [0, 0.1) is 0 Å². The number of phenolic OH excluding ortho intramolecular Hbond substituents is 2. The number of phenols is 2. The van der Waals surface area contributed by atoms with Crippen LogP contribution in [0.15, 0.2) is 51.2 Å². The van der Waals surface area contributed by atoms with Crippen molar-refractivity contribution in [2.24, 2.45) is 0 Å². The van der Waals surface area contributed by atoms with Gasteiger partial charge in [-0.3, -0.25) is 4.79 Å². The van der Waals surface area contributed by atoms with E-state index >= 15 is 0 Å².